The average molecular weight is 265 g/mol. The van der Waals surface area contributed by atoms with Crippen LogP contribution in [0.25, 0.3) is 0 Å². The van der Waals surface area contributed by atoms with E-state index in [-0.39, 0.29) is 16.6 Å². The van der Waals surface area contributed by atoms with Gasteiger partial charge in [-0.05, 0) is 30.7 Å². The first-order chi connectivity index (χ1) is 8.56. The van der Waals surface area contributed by atoms with Crippen molar-refractivity contribution in [3.8, 4) is 11.6 Å². The molecule has 0 aliphatic heterocycles. The Kier molecular flexibility index (Phi) is 3.43. The highest BCUT2D eigenvalue weighted by molar-refractivity contribution is 6.29. The van der Waals surface area contributed by atoms with Crippen LogP contribution in [0.1, 0.15) is 15.9 Å². The summed E-state index contributed by atoms with van der Waals surface area (Å²) in [5, 5.41) is 16.5. The Morgan fingerprint density at radius 1 is 1.28 bits per heavy atom. The minimum Gasteiger partial charge on any atom is -0.478 e. The van der Waals surface area contributed by atoms with E-state index in [1.807, 2.05) is 6.92 Å². The fourth-order valence-electron chi connectivity index (χ4n) is 1.31. The molecule has 0 saturated heterocycles. The maximum absolute atomic E-state index is 10.9. The van der Waals surface area contributed by atoms with Crippen molar-refractivity contribution in [1.29, 1.82) is 0 Å². The van der Waals surface area contributed by atoms with Crippen molar-refractivity contribution in [2.75, 3.05) is 0 Å². The monoisotopic (exact) mass is 264 g/mol. The van der Waals surface area contributed by atoms with Crippen LogP contribution in [0.2, 0.25) is 5.15 Å². The first-order valence-electron chi connectivity index (χ1n) is 5.07. The summed E-state index contributed by atoms with van der Waals surface area (Å²) in [6.45, 7) is 1.81. The van der Waals surface area contributed by atoms with E-state index < -0.39 is 5.97 Å². The molecule has 0 spiro atoms. The molecule has 2 aromatic rings. The minimum absolute atomic E-state index is 0.150. The molecular weight excluding hydrogens is 256 g/mol. The molecule has 18 heavy (non-hydrogen) atoms. The topological polar surface area (TPSA) is 72.3 Å². The lowest BCUT2D eigenvalue weighted by Gasteiger charge is -2.07. The summed E-state index contributed by atoms with van der Waals surface area (Å²) in [6.07, 6.45) is 0. The maximum atomic E-state index is 10.9. The molecule has 1 heterocycles. The lowest BCUT2D eigenvalue weighted by atomic mass is 10.1. The van der Waals surface area contributed by atoms with Crippen LogP contribution in [-0.4, -0.2) is 21.3 Å². The number of hydrogen-bond donors (Lipinski definition) is 1. The summed E-state index contributed by atoms with van der Waals surface area (Å²) in [5.74, 6) is -0.335. The lowest BCUT2D eigenvalue weighted by Crippen LogP contribution is -1.98. The zero-order chi connectivity index (χ0) is 13.1. The Bertz CT molecular complexity index is 584. The highest BCUT2D eigenvalue weighted by Crippen LogP contribution is 2.24. The molecule has 0 amide bonds. The van der Waals surface area contributed by atoms with E-state index in [1.54, 1.807) is 18.2 Å². The molecule has 5 nitrogen and oxygen atoms in total. The molecule has 0 bridgehead atoms. The second kappa shape index (κ2) is 5.01. The van der Waals surface area contributed by atoms with Gasteiger partial charge in [0.15, 0.2) is 5.15 Å². The Hall–Kier alpha value is -2.14. The first kappa shape index (κ1) is 12.3. The van der Waals surface area contributed by atoms with Gasteiger partial charge in [0.25, 0.3) is 0 Å². The number of halogens is 1. The predicted molar refractivity (Wildman–Crippen MR) is 65.3 cm³/mol. The third-order valence-electron chi connectivity index (χ3n) is 2.26. The third-order valence-corrected chi connectivity index (χ3v) is 2.46. The molecule has 0 saturated carbocycles. The smallest absolute Gasteiger partial charge is 0.335 e. The van der Waals surface area contributed by atoms with Crippen LogP contribution >= 0.6 is 11.6 Å². The van der Waals surface area contributed by atoms with Gasteiger partial charge in [-0.25, -0.2) is 4.79 Å². The second-order valence-corrected chi connectivity index (χ2v) is 3.97. The van der Waals surface area contributed by atoms with Crippen LogP contribution in [0.5, 0.6) is 11.6 Å². The zero-order valence-electron chi connectivity index (χ0n) is 9.42. The molecule has 92 valence electrons. The summed E-state index contributed by atoms with van der Waals surface area (Å²) < 4.78 is 5.46. The lowest BCUT2D eigenvalue weighted by molar-refractivity contribution is 0.0696. The standard InChI is InChI=1S/C12H9ClN2O3/c1-7-2-3-8(12(16)17)6-9(7)18-11-5-4-10(13)14-15-11/h2-6H,1H3,(H,16,17). The summed E-state index contributed by atoms with van der Waals surface area (Å²) in [7, 11) is 0. The second-order valence-electron chi connectivity index (χ2n) is 3.58. The number of carboxylic acids is 1. The number of aryl methyl sites for hydroxylation is 1. The summed E-state index contributed by atoms with van der Waals surface area (Å²) in [6, 6.07) is 7.72. The Morgan fingerprint density at radius 2 is 2.06 bits per heavy atom. The number of carboxylic acid groups (broad SMARTS) is 1. The van der Waals surface area contributed by atoms with Crippen molar-refractivity contribution >= 4 is 17.6 Å². The molecule has 2 rings (SSSR count). The fraction of sp³-hybridized carbons (Fsp3) is 0.0833. The van der Waals surface area contributed by atoms with Gasteiger partial charge in [-0.1, -0.05) is 17.7 Å². The average Bonchev–Trinajstić information content (AvgIpc) is 2.34. The molecular formula is C12H9ClN2O3. The van der Waals surface area contributed by atoms with E-state index in [0.29, 0.717) is 5.75 Å². The molecule has 1 aromatic heterocycles. The number of aromatic carboxylic acids is 1. The molecule has 0 unspecified atom stereocenters. The molecule has 0 fully saturated rings. The third kappa shape index (κ3) is 2.75. The number of rotatable bonds is 3. The van der Waals surface area contributed by atoms with Crippen molar-refractivity contribution in [3.63, 3.8) is 0 Å². The van der Waals surface area contributed by atoms with Crippen LogP contribution in [0, 0.1) is 6.92 Å². The van der Waals surface area contributed by atoms with Crippen molar-refractivity contribution in [1.82, 2.24) is 10.2 Å². The van der Waals surface area contributed by atoms with Crippen LogP contribution in [0.15, 0.2) is 30.3 Å². The van der Waals surface area contributed by atoms with Gasteiger partial charge in [-0.2, -0.15) is 0 Å². The molecule has 0 aliphatic carbocycles. The van der Waals surface area contributed by atoms with Gasteiger partial charge in [0.1, 0.15) is 5.75 Å². The molecule has 0 radical (unpaired) electrons. The summed E-state index contributed by atoms with van der Waals surface area (Å²) in [4.78, 5) is 10.9. The van der Waals surface area contributed by atoms with Gasteiger partial charge in [0, 0.05) is 6.07 Å². The number of aromatic nitrogens is 2. The van der Waals surface area contributed by atoms with E-state index in [0.717, 1.165) is 5.56 Å². The van der Waals surface area contributed by atoms with Crippen LogP contribution in [0.4, 0.5) is 0 Å². The Morgan fingerprint density at radius 3 is 2.67 bits per heavy atom. The van der Waals surface area contributed by atoms with Crippen molar-refractivity contribution in [2.24, 2.45) is 0 Å². The number of nitrogens with zero attached hydrogens (tertiary/aromatic N) is 2. The van der Waals surface area contributed by atoms with Crippen LogP contribution < -0.4 is 4.74 Å². The van der Waals surface area contributed by atoms with Gasteiger partial charge >= 0.3 is 5.97 Å². The van der Waals surface area contributed by atoms with Crippen molar-refractivity contribution in [2.45, 2.75) is 6.92 Å². The maximum Gasteiger partial charge on any atom is 0.335 e. The van der Waals surface area contributed by atoms with E-state index in [9.17, 15) is 4.79 Å². The number of carbonyl (C=O) groups is 1. The van der Waals surface area contributed by atoms with Gasteiger partial charge in [-0.3, -0.25) is 0 Å². The molecule has 1 N–H and O–H groups in total. The van der Waals surface area contributed by atoms with E-state index in [4.69, 9.17) is 21.4 Å². The quantitative estimate of drug-likeness (QED) is 0.923. The molecule has 1 aromatic carbocycles. The number of hydrogen-bond acceptors (Lipinski definition) is 4. The van der Waals surface area contributed by atoms with Crippen LogP contribution in [-0.2, 0) is 0 Å². The van der Waals surface area contributed by atoms with Crippen molar-refractivity contribution in [3.05, 3.63) is 46.6 Å². The number of benzene rings is 1. The zero-order valence-corrected chi connectivity index (χ0v) is 10.2. The highest BCUT2D eigenvalue weighted by atomic mass is 35.5. The minimum atomic E-state index is -1.01. The highest BCUT2D eigenvalue weighted by Gasteiger charge is 2.08. The predicted octanol–water partition coefficient (Wildman–Crippen LogP) is 2.93. The van der Waals surface area contributed by atoms with E-state index in [2.05, 4.69) is 10.2 Å². The Labute approximate surface area is 108 Å². The normalized spacial score (nSPS) is 10.1. The van der Waals surface area contributed by atoms with Gasteiger partial charge in [0.2, 0.25) is 5.88 Å². The van der Waals surface area contributed by atoms with Gasteiger partial charge in [-0.15, -0.1) is 10.2 Å². The van der Waals surface area contributed by atoms with Gasteiger partial charge < -0.3 is 9.84 Å². The summed E-state index contributed by atoms with van der Waals surface area (Å²) >= 11 is 5.61. The van der Waals surface area contributed by atoms with Crippen LogP contribution in [0.3, 0.4) is 0 Å². The first-order valence-corrected chi connectivity index (χ1v) is 5.45. The fourth-order valence-corrected chi connectivity index (χ4v) is 1.41. The molecule has 6 heteroatoms. The molecule has 0 aliphatic rings. The van der Waals surface area contributed by atoms with Gasteiger partial charge in [0.05, 0.1) is 5.56 Å². The molecule has 0 atom stereocenters. The van der Waals surface area contributed by atoms with E-state index in [1.165, 1.54) is 12.1 Å². The summed E-state index contributed by atoms with van der Waals surface area (Å²) in [5.41, 5.74) is 0.953. The van der Waals surface area contributed by atoms with Crippen molar-refractivity contribution < 1.29 is 14.6 Å². The largest absolute Gasteiger partial charge is 0.478 e. The number of ether oxygens (including phenoxy) is 1. The SMILES string of the molecule is Cc1ccc(C(=O)O)cc1Oc1ccc(Cl)nn1. The Balaban J connectivity index is 2.30. The van der Waals surface area contributed by atoms with E-state index >= 15 is 0 Å².